The smallest absolute Gasteiger partial charge is 0.276 e. The number of hydrogen-bond donors (Lipinski definition) is 0. The number of amides is 1. The number of ether oxygens (including phenoxy) is 1. The molecular weight excluding hydrogens is 356 g/mol. The minimum Gasteiger partial charge on any atom is -0.488 e. The van der Waals surface area contributed by atoms with Gasteiger partial charge in [0, 0.05) is 32.4 Å². The van der Waals surface area contributed by atoms with E-state index in [4.69, 9.17) is 9.26 Å². The van der Waals surface area contributed by atoms with Gasteiger partial charge in [0.1, 0.15) is 18.1 Å². The number of benzene rings is 1. The van der Waals surface area contributed by atoms with Gasteiger partial charge in [-0.15, -0.1) is 0 Å². The topological polar surface area (TPSA) is 73.4 Å². The van der Waals surface area contributed by atoms with E-state index < -0.39 is 0 Å². The van der Waals surface area contributed by atoms with Crippen LogP contribution in [0.2, 0.25) is 0 Å². The third-order valence-corrected chi connectivity index (χ3v) is 4.98. The van der Waals surface area contributed by atoms with Crippen LogP contribution in [0, 0.1) is 27.7 Å². The molecule has 0 aliphatic carbocycles. The fraction of sp³-hybridized carbons (Fsp3) is 0.381. The van der Waals surface area contributed by atoms with Crippen LogP contribution in [0.15, 0.2) is 28.9 Å². The predicted octanol–water partition coefficient (Wildman–Crippen LogP) is 3.49. The van der Waals surface area contributed by atoms with Crippen molar-refractivity contribution in [1.29, 1.82) is 0 Å². The molecule has 0 aliphatic heterocycles. The van der Waals surface area contributed by atoms with Crippen LogP contribution in [0.4, 0.5) is 0 Å². The molecular formula is C21H26N4O3. The number of hydrogen-bond acceptors (Lipinski definition) is 5. The molecule has 2 heterocycles. The van der Waals surface area contributed by atoms with E-state index in [0.29, 0.717) is 17.9 Å². The van der Waals surface area contributed by atoms with Crippen molar-refractivity contribution in [3.63, 3.8) is 0 Å². The van der Waals surface area contributed by atoms with E-state index in [2.05, 4.69) is 10.3 Å². The molecule has 1 amide bonds. The zero-order chi connectivity index (χ0) is 20.4. The Bertz CT molecular complexity index is 1000. The summed E-state index contributed by atoms with van der Waals surface area (Å²) in [5.41, 5.74) is 5.08. The maximum absolute atomic E-state index is 13.0. The Hall–Kier alpha value is -3.09. The fourth-order valence-electron chi connectivity index (χ4n) is 3.07. The Morgan fingerprint density at radius 2 is 2.00 bits per heavy atom. The fourth-order valence-corrected chi connectivity index (χ4v) is 3.07. The zero-order valence-corrected chi connectivity index (χ0v) is 17.2. The standard InChI is InChI=1S/C21H26N4O3/c1-13-8-7-9-19(14(13)2)27-12-18-16(4)28-23-20(18)21(26)24(5)10-17-11-25(6)22-15(17)3/h7-9,11H,10,12H2,1-6H3. The van der Waals surface area contributed by atoms with Gasteiger partial charge in [-0.1, -0.05) is 17.3 Å². The van der Waals surface area contributed by atoms with Crippen molar-refractivity contribution in [2.24, 2.45) is 7.05 Å². The average molecular weight is 382 g/mol. The quantitative estimate of drug-likeness (QED) is 0.652. The van der Waals surface area contributed by atoms with Crippen molar-refractivity contribution in [1.82, 2.24) is 19.8 Å². The van der Waals surface area contributed by atoms with Crippen molar-refractivity contribution in [2.75, 3.05) is 7.05 Å². The van der Waals surface area contributed by atoms with Crippen molar-refractivity contribution >= 4 is 5.91 Å². The van der Waals surface area contributed by atoms with Gasteiger partial charge in [-0.2, -0.15) is 5.10 Å². The lowest BCUT2D eigenvalue weighted by molar-refractivity contribution is 0.0772. The second-order valence-electron chi connectivity index (χ2n) is 7.13. The molecule has 0 fully saturated rings. The molecule has 148 valence electrons. The minimum absolute atomic E-state index is 0.209. The minimum atomic E-state index is -0.209. The summed E-state index contributed by atoms with van der Waals surface area (Å²) < 4.78 is 13.0. The monoisotopic (exact) mass is 382 g/mol. The van der Waals surface area contributed by atoms with Gasteiger partial charge in [0.15, 0.2) is 5.69 Å². The molecule has 7 nitrogen and oxygen atoms in total. The Morgan fingerprint density at radius 3 is 2.68 bits per heavy atom. The molecule has 0 radical (unpaired) electrons. The highest BCUT2D eigenvalue weighted by atomic mass is 16.5. The SMILES string of the molecule is Cc1cccc(OCc2c(C(=O)N(C)Cc3cn(C)nc3C)noc2C)c1C. The van der Waals surface area contributed by atoms with E-state index in [1.807, 2.05) is 52.2 Å². The van der Waals surface area contributed by atoms with Crippen LogP contribution in [0.25, 0.3) is 0 Å². The summed E-state index contributed by atoms with van der Waals surface area (Å²) in [4.78, 5) is 14.6. The first-order chi connectivity index (χ1) is 13.3. The highest BCUT2D eigenvalue weighted by Gasteiger charge is 2.24. The molecule has 3 rings (SSSR count). The van der Waals surface area contributed by atoms with Crippen molar-refractivity contribution < 1.29 is 14.1 Å². The zero-order valence-electron chi connectivity index (χ0n) is 17.2. The first-order valence-corrected chi connectivity index (χ1v) is 9.16. The van der Waals surface area contributed by atoms with Gasteiger partial charge in [0.25, 0.3) is 5.91 Å². The third-order valence-electron chi connectivity index (χ3n) is 4.98. The van der Waals surface area contributed by atoms with E-state index in [-0.39, 0.29) is 18.2 Å². The van der Waals surface area contributed by atoms with Gasteiger partial charge in [-0.25, -0.2) is 0 Å². The number of carbonyl (C=O) groups excluding carboxylic acids is 1. The Kier molecular flexibility index (Phi) is 5.53. The summed E-state index contributed by atoms with van der Waals surface area (Å²) in [6.07, 6.45) is 1.91. The van der Waals surface area contributed by atoms with Crippen LogP contribution >= 0.6 is 0 Å². The van der Waals surface area contributed by atoms with Crippen molar-refractivity contribution in [3.05, 3.63) is 63.8 Å². The van der Waals surface area contributed by atoms with Gasteiger partial charge in [0.2, 0.25) is 0 Å². The second kappa shape index (κ2) is 7.88. The first-order valence-electron chi connectivity index (χ1n) is 9.16. The van der Waals surface area contributed by atoms with E-state index in [0.717, 1.165) is 28.1 Å². The molecule has 0 spiro atoms. The number of carbonyl (C=O) groups is 1. The molecule has 7 heteroatoms. The molecule has 0 atom stereocenters. The van der Waals surface area contributed by atoms with E-state index >= 15 is 0 Å². The molecule has 0 N–H and O–H groups in total. The first kappa shape index (κ1) is 19.7. The predicted molar refractivity (Wildman–Crippen MR) is 105 cm³/mol. The summed E-state index contributed by atoms with van der Waals surface area (Å²) >= 11 is 0. The van der Waals surface area contributed by atoms with Gasteiger partial charge in [0.05, 0.1) is 11.3 Å². The van der Waals surface area contributed by atoms with Gasteiger partial charge < -0.3 is 14.2 Å². The number of rotatable bonds is 6. The van der Waals surface area contributed by atoms with Crippen LogP contribution < -0.4 is 4.74 Å². The lowest BCUT2D eigenvalue weighted by Gasteiger charge is -2.16. The van der Waals surface area contributed by atoms with Crippen LogP contribution in [0.3, 0.4) is 0 Å². The van der Waals surface area contributed by atoms with Crippen LogP contribution in [0.1, 0.15) is 44.2 Å². The summed E-state index contributed by atoms with van der Waals surface area (Å²) in [6.45, 7) is 8.44. The lowest BCUT2D eigenvalue weighted by atomic mass is 10.1. The van der Waals surface area contributed by atoms with Crippen LogP contribution in [-0.2, 0) is 20.2 Å². The molecule has 0 bridgehead atoms. The van der Waals surface area contributed by atoms with Crippen molar-refractivity contribution in [2.45, 2.75) is 40.8 Å². The lowest BCUT2D eigenvalue weighted by Crippen LogP contribution is -2.27. The molecule has 28 heavy (non-hydrogen) atoms. The number of nitrogens with zero attached hydrogens (tertiary/aromatic N) is 4. The van der Waals surface area contributed by atoms with E-state index in [9.17, 15) is 4.79 Å². The molecule has 0 aliphatic rings. The maximum Gasteiger partial charge on any atom is 0.276 e. The molecule has 0 saturated heterocycles. The summed E-state index contributed by atoms with van der Waals surface area (Å²) in [7, 11) is 3.61. The Morgan fingerprint density at radius 1 is 1.25 bits per heavy atom. The molecule has 0 saturated carbocycles. The number of aryl methyl sites for hydroxylation is 4. The van der Waals surface area contributed by atoms with E-state index in [1.54, 1.807) is 23.6 Å². The molecule has 3 aromatic rings. The third kappa shape index (κ3) is 3.93. The van der Waals surface area contributed by atoms with Crippen LogP contribution in [0.5, 0.6) is 5.75 Å². The second-order valence-corrected chi connectivity index (χ2v) is 7.13. The largest absolute Gasteiger partial charge is 0.488 e. The summed E-state index contributed by atoms with van der Waals surface area (Å²) in [6, 6.07) is 5.91. The number of aromatic nitrogens is 3. The maximum atomic E-state index is 13.0. The summed E-state index contributed by atoms with van der Waals surface area (Å²) in [5, 5.41) is 8.31. The molecule has 0 unspecified atom stereocenters. The average Bonchev–Trinajstić information content (AvgIpc) is 3.17. The Labute approximate surface area is 164 Å². The highest BCUT2D eigenvalue weighted by Crippen LogP contribution is 2.24. The molecule has 2 aromatic heterocycles. The van der Waals surface area contributed by atoms with Gasteiger partial charge in [-0.05, 0) is 44.9 Å². The van der Waals surface area contributed by atoms with Gasteiger partial charge in [-0.3, -0.25) is 9.48 Å². The van der Waals surface area contributed by atoms with E-state index in [1.165, 1.54) is 0 Å². The summed E-state index contributed by atoms with van der Waals surface area (Å²) in [5.74, 6) is 1.16. The van der Waals surface area contributed by atoms with Gasteiger partial charge >= 0.3 is 0 Å². The Balaban J connectivity index is 1.76. The molecule has 1 aromatic carbocycles. The normalized spacial score (nSPS) is 10.9. The highest BCUT2D eigenvalue weighted by molar-refractivity contribution is 5.93. The van der Waals surface area contributed by atoms with Crippen molar-refractivity contribution in [3.8, 4) is 5.75 Å². The van der Waals surface area contributed by atoms with Crippen LogP contribution in [-0.4, -0.2) is 32.8 Å².